The number of thiophene rings is 1. The van der Waals surface area contributed by atoms with Crippen LogP contribution in [0.1, 0.15) is 11.3 Å². The summed E-state index contributed by atoms with van der Waals surface area (Å²) in [7, 11) is 0. The average molecular weight is 555 g/mol. The van der Waals surface area contributed by atoms with Crippen LogP contribution in [0.3, 0.4) is 0 Å². The number of hydrogen-bond donors (Lipinski definition) is 0. The SMILES string of the molecule is Cc1c(C)n(-c2nccc3c2sc2ccc(-c4ccc5c6ccccc6c6ccccc6c5c4)cc23)c2ccccc12. The molecule has 9 rings (SSSR count). The molecular weight excluding hydrogens is 529 g/mol. The second-order valence-electron chi connectivity index (χ2n) is 11.2. The van der Waals surface area contributed by atoms with E-state index in [2.05, 4.69) is 134 Å². The first-order valence-electron chi connectivity index (χ1n) is 14.4. The summed E-state index contributed by atoms with van der Waals surface area (Å²) in [4.78, 5) is 4.94. The lowest BCUT2D eigenvalue weighted by Crippen LogP contribution is -1.99. The zero-order chi connectivity index (χ0) is 27.9. The van der Waals surface area contributed by atoms with Crippen LogP contribution in [0.4, 0.5) is 0 Å². The highest BCUT2D eigenvalue weighted by Gasteiger charge is 2.18. The zero-order valence-electron chi connectivity index (χ0n) is 23.3. The molecule has 6 aromatic carbocycles. The molecule has 0 amide bonds. The van der Waals surface area contributed by atoms with Gasteiger partial charge in [0.05, 0.1) is 10.2 Å². The number of fused-ring (bicyclic) bond motifs is 10. The maximum atomic E-state index is 4.94. The lowest BCUT2D eigenvalue weighted by molar-refractivity contribution is 1.00. The highest BCUT2D eigenvalue weighted by molar-refractivity contribution is 7.26. The Labute approximate surface area is 247 Å². The van der Waals surface area contributed by atoms with Gasteiger partial charge in [0.2, 0.25) is 0 Å². The minimum absolute atomic E-state index is 1.01. The van der Waals surface area contributed by atoms with Crippen molar-refractivity contribution < 1.29 is 0 Å². The Hall–Kier alpha value is -4.99. The van der Waals surface area contributed by atoms with Gasteiger partial charge in [0.1, 0.15) is 0 Å². The predicted octanol–water partition coefficient (Wildman–Crippen LogP) is 11.1. The molecule has 42 heavy (non-hydrogen) atoms. The standard InChI is InChI=1S/C39H26N2S/c1-23-24(2)41(36-14-8-7-9-27(23)36)39-38-33(19-20-40-39)35-22-26(16-18-37(35)42-38)25-15-17-32-30-12-4-3-10-28(30)29-11-5-6-13-31(29)34(32)21-25/h3-22H,1-2H3. The highest BCUT2D eigenvalue weighted by atomic mass is 32.1. The van der Waals surface area contributed by atoms with Crippen molar-refractivity contribution in [2.45, 2.75) is 13.8 Å². The van der Waals surface area contributed by atoms with E-state index in [-0.39, 0.29) is 0 Å². The number of nitrogens with zero attached hydrogens (tertiary/aromatic N) is 2. The van der Waals surface area contributed by atoms with Crippen molar-refractivity contribution in [1.29, 1.82) is 0 Å². The fourth-order valence-corrected chi connectivity index (χ4v) is 8.08. The van der Waals surface area contributed by atoms with Crippen LogP contribution in [0, 0.1) is 13.8 Å². The van der Waals surface area contributed by atoms with E-state index >= 15 is 0 Å². The third-order valence-corrected chi connectivity index (χ3v) is 10.3. The largest absolute Gasteiger partial charge is 0.297 e. The molecule has 9 aromatic rings. The van der Waals surface area contributed by atoms with E-state index < -0.39 is 0 Å². The normalized spacial score (nSPS) is 12.0. The molecule has 2 nitrogen and oxygen atoms in total. The van der Waals surface area contributed by atoms with Crippen molar-refractivity contribution in [1.82, 2.24) is 9.55 Å². The molecule has 3 heterocycles. The second-order valence-corrected chi connectivity index (χ2v) is 12.3. The molecular formula is C39H26N2S. The molecule has 0 saturated heterocycles. The maximum absolute atomic E-state index is 4.94. The molecule has 0 N–H and O–H groups in total. The molecule has 3 aromatic heterocycles. The molecule has 0 radical (unpaired) electrons. The van der Waals surface area contributed by atoms with Gasteiger partial charge in [0.25, 0.3) is 0 Å². The van der Waals surface area contributed by atoms with E-state index in [1.807, 2.05) is 17.5 Å². The molecule has 0 atom stereocenters. The van der Waals surface area contributed by atoms with Crippen LogP contribution in [0.5, 0.6) is 0 Å². The number of aromatic nitrogens is 2. The van der Waals surface area contributed by atoms with Crippen molar-refractivity contribution in [3.05, 3.63) is 133 Å². The van der Waals surface area contributed by atoms with Gasteiger partial charge < -0.3 is 0 Å². The van der Waals surface area contributed by atoms with Gasteiger partial charge >= 0.3 is 0 Å². The van der Waals surface area contributed by atoms with Crippen LogP contribution in [-0.2, 0) is 0 Å². The van der Waals surface area contributed by atoms with Gasteiger partial charge in [-0.05, 0) is 93.2 Å². The van der Waals surface area contributed by atoms with E-state index in [9.17, 15) is 0 Å². The zero-order valence-corrected chi connectivity index (χ0v) is 24.2. The van der Waals surface area contributed by atoms with Crippen LogP contribution in [-0.4, -0.2) is 9.55 Å². The summed E-state index contributed by atoms with van der Waals surface area (Å²) in [6.45, 7) is 4.41. The monoisotopic (exact) mass is 554 g/mol. The molecule has 0 unspecified atom stereocenters. The lowest BCUT2D eigenvalue weighted by Gasteiger charge is -2.12. The summed E-state index contributed by atoms with van der Waals surface area (Å²) in [6, 6.07) is 42.3. The predicted molar refractivity (Wildman–Crippen MR) is 181 cm³/mol. The van der Waals surface area contributed by atoms with Crippen molar-refractivity contribution in [3.63, 3.8) is 0 Å². The number of benzene rings is 6. The summed E-state index contributed by atoms with van der Waals surface area (Å²) in [5, 5.41) is 11.7. The molecule has 198 valence electrons. The quantitative estimate of drug-likeness (QED) is 0.194. The minimum Gasteiger partial charge on any atom is -0.297 e. The average Bonchev–Trinajstić information content (AvgIpc) is 3.55. The van der Waals surface area contributed by atoms with E-state index in [1.54, 1.807) is 0 Å². The van der Waals surface area contributed by atoms with Crippen LogP contribution in [0.25, 0.3) is 80.3 Å². The first-order chi connectivity index (χ1) is 20.7. The van der Waals surface area contributed by atoms with Crippen LogP contribution >= 0.6 is 11.3 Å². The van der Waals surface area contributed by atoms with Gasteiger partial charge in [-0.15, -0.1) is 11.3 Å². The Morgan fingerprint density at radius 1 is 0.524 bits per heavy atom. The molecule has 0 spiro atoms. The van der Waals surface area contributed by atoms with Gasteiger partial charge in [0.15, 0.2) is 5.82 Å². The van der Waals surface area contributed by atoms with Gasteiger partial charge in [-0.2, -0.15) is 0 Å². The van der Waals surface area contributed by atoms with Crippen LogP contribution in [0.2, 0.25) is 0 Å². The minimum atomic E-state index is 1.01. The van der Waals surface area contributed by atoms with Crippen molar-refractivity contribution >= 4 is 74.7 Å². The summed E-state index contributed by atoms with van der Waals surface area (Å²) in [5.74, 6) is 1.01. The van der Waals surface area contributed by atoms with Crippen molar-refractivity contribution in [2.24, 2.45) is 0 Å². The Kier molecular flexibility index (Phi) is 4.94. The van der Waals surface area contributed by atoms with Gasteiger partial charge in [-0.3, -0.25) is 4.57 Å². The molecule has 0 bridgehead atoms. The summed E-state index contributed by atoms with van der Waals surface area (Å²) >= 11 is 1.84. The second kappa shape index (κ2) is 8.75. The Morgan fingerprint density at radius 3 is 1.81 bits per heavy atom. The van der Waals surface area contributed by atoms with E-state index in [0.717, 1.165) is 5.82 Å². The van der Waals surface area contributed by atoms with Gasteiger partial charge in [-0.25, -0.2) is 4.98 Å². The molecule has 0 aliphatic heterocycles. The van der Waals surface area contributed by atoms with E-state index in [1.165, 1.54) is 85.8 Å². The highest BCUT2D eigenvalue weighted by Crippen LogP contribution is 2.42. The Balaban J connectivity index is 1.27. The molecule has 0 fully saturated rings. The van der Waals surface area contributed by atoms with Gasteiger partial charge in [-0.1, -0.05) is 84.9 Å². The molecule has 0 saturated carbocycles. The Morgan fingerprint density at radius 2 is 1.10 bits per heavy atom. The number of rotatable bonds is 2. The first-order valence-corrected chi connectivity index (χ1v) is 15.2. The smallest absolute Gasteiger partial charge is 0.155 e. The van der Waals surface area contributed by atoms with Crippen molar-refractivity contribution in [3.8, 4) is 16.9 Å². The third kappa shape index (κ3) is 3.23. The maximum Gasteiger partial charge on any atom is 0.155 e. The number of pyridine rings is 1. The third-order valence-electron chi connectivity index (χ3n) is 9.08. The Bertz CT molecular complexity index is 2510. The molecule has 0 aliphatic rings. The number of para-hydroxylation sites is 1. The van der Waals surface area contributed by atoms with E-state index in [0.29, 0.717) is 0 Å². The number of aryl methyl sites for hydroxylation is 1. The van der Waals surface area contributed by atoms with Crippen molar-refractivity contribution in [2.75, 3.05) is 0 Å². The molecule has 0 aliphatic carbocycles. The number of hydrogen-bond acceptors (Lipinski definition) is 2. The molecule has 3 heteroatoms. The van der Waals surface area contributed by atoms with E-state index in [4.69, 9.17) is 4.98 Å². The summed E-state index contributed by atoms with van der Waals surface area (Å²) < 4.78 is 4.85. The van der Waals surface area contributed by atoms with Crippen LogP contribution < -0.4 is 0 Å². The first kappa shape index (κ1) is 23.7. The fourth-order valence-electron chi connectivity index (χ4n) is 6.92. The summed E-state index contributed by atoms with van der Waals surface area (Å²) in [5.41, 5.74) is 6.23. The lowest BCUT2D eigenvalue weighted by atomic mass is 9.92. The topological polar surface area (TPSA) is 17.8 Å². The van der Waals surface area contributed by atoms with Gasteiger partial charge in [0, 0.05) is 32.7 Å². The summed E-state index contributed by atoms with van der Waals surface area (Å²) in [6.07, 6.45) is 1.97. The fraction of sp³-hybridized carbons (Fsp3) is 0.0513. The van der Waals surface area contributed by atoms with Crippen LogP contribution in [0.15, 0.2) is 121 Å².